The number of nitrogens with two attached hydrogens (primary N) is 1. The van der Waals surface area contributed by atoms with Crippen LogP contribution in [0.2, 0.25) is 0 Å². The number of hydrogen-bond donors (Lipinski definition) is 9. The molecule has 1 aromatic carbocycles. The van der Waals surface area contributed by atoms with Gasteiger partial charge in [-0.05, 0) is 80.8 Å². The van der Waals surface area contributed by atoms with Gasteiger partial charge in [0.15, 0.2) is 6.04 Å². The van der Waals surface area contributed by atoms with Gasteiger partial charge in [-0.25, -0.2) is 4.79 Å². The molecule has 0 unspecified atom stereocenters. The van der Waals surface area contributed by atoms with E-state index in [0.717, 1.165) is 5.56 Å². The van der Waals surface area contributed by atoms with Gasteiger partial charge in [-0.3, -0.25) is 33.6 Å². The van der Waals surface area contributed by atoms with E-state index in [0.29, 0.717) is 25.0 Å². The summed E-state index contributed by atoms with van der Waals surface area (Å²) < 4.78 is 0. The first-order valence-electron chi connectivity index (χ1n) is 21.5. The summed E-state index contributed by atoms with van der Waals surface area (Å²) in [5, 5.41) is 34.8. The molecule has 1 aliphatic heterocycles. The van der Waals surface area contributed by atoms with Crippen LogP contribution in [0.3, 0.4) is 0 Å². The SMILES string of the molecule is CC[C@H](C)[C@H](NC(=O)[C@@H](N)Cc1ccccc1)C(=O)N1CCC[C@H]1C(=O)N[C@@H](CC(C)C)C(=O)N[C@@H](CC(C)C)C(=O)NCC(=O)N[C@@H](CCSC)C(=O)N[C@H](C(=O)O)[C@@H](C)O. The fraction of sp³-hybridized carbons (Fsp3) is 0.674. The number of carboxylic acid groups (broad SMARTS) is 1. The molecule has 1 aliphatic rings. The minimum atomic E-state index is -1.60. The van der Waals surface area contributed by atoms with E-state index in [1.807, 2.05) is 71.9 Å². The van der Waals surface area contributed by atoms with Crippen molar-refractivity contribution in [1.29, 1.82) is 0 Å². The Hall–Kier alpha value is -4.75. The number of likely N-dealkylation sites (tertiary alicyclic amines) is 1. The van der Waals surface area contributed by atoms with Crippen molar-refractivity contribution in [2.45, 2.75) is 142 Å². The summed E-state index contributed by atoms with van der Waals surface area (Å²) in [4.78, 5) is 108. The van der Waals surface area contributed by atoms with Crippen molar-refractivity contribution < 1.29 is 48.6 Å². The van der Waals surface area contributed by atoms with Crippen LogP contribution in [0.5, 0.6) is 0 Å². The monoisotopic (exact) mass is 890 g/mol. The van der Waals surface area contributed by atoms with Gasteiger partial charge in [-0.2, -0.15) is 11.8 Å². The maximum absolute atomic E-state index is 14.1. The first-order valence-corrected chi connectivity index (χ1v) is 22.9. The van der Waals surface area contributed by atoms with Crippen LogP contribution in [0.1, 0.15) is 92.6 Å². The number of aliphatic carboxylic acids is 1. The topological polar surface area (TPSA) is 278 Å². The average molecular weight is 891 g/mol. The number of nitrogens with zero attached hydrogens (tertiary/aromatic N) is 1. The van der Waals surface area contributed by atoms with Gasteiger partial charge in [0.05, 0.1) is 18.7 Å². The Morgan fingerprint density at radius 3 is 1.92 bits per heavy atom. The number of aliphatic hydroxyl groups excluding tert-OH is 1. The molecule has 2 rings (SSSR count). The number of hydrogen-bond acceptors (Lipinski definition) is 11. The van der Waals surface area contributed by atoms with E-state index in [9.17, 15) is 48.6 Å². The lowest BCUT2D eigenvalue weighted by molar-refractivity contribution is -0.145. The minimum absolute atomic E-state index is 0.0684. The maximum Gasteiger partial charge on any atom is 0.328 e. The average Bonchev–Trinajstić information content (AvgIpc) is 3.71. The third-order valence-corrected chi connectivity index (χ3v) is 11.3. The molecule has 0 aliphatic carbocycles. The lowest BCUT2D eigenvalue weighted by Gasteiger charge is -2.33. The largest absolute Gasteiger partial charge is 0.480 e. The molecule has 10 N–H and O–H groups in total. The van der Waals surface area contributed by atoms with Crippen molar-refractivity contribution >= 4 is 59.1 Å². The summed E-state index contributed by atoms with van der Waals surface area (Å²) in [5.41, 5.74) is 7.13. The zero-order valence-electron chi connectivity index (χ0n) is 37.4. The van der Waals surface area contributed by atoms with Crippen molar-refractivity contribution in [1.82, 2.24) is 36.8 Å². The summed E-state index contributed by atoms with van der Waals surface area (Å²) in [6.45, 7) is 12.1. The Morgan fingerprint density at radius 2 is 1.37 bits per heavy atom. The van der Waals surface area contributed by atoms with E-state index in [4.69, 9.17) is 5.73 Å². The van der Waals surface area contributed by atoms with Crippen LogP contribution >= 0.6 is 11.8 Å². The van der Waals surface area contributed by atoms with Gasteiger partial charge >= 0.3 is 5.97 Å². The molecule has 1 saturated heterocycles. The number of rotatable bonds is 26. The first kappa shape index (κ1) is 53.4. The van der Waals surface area contributed by atoms with Gasteiger partial charge in [-0.1, -0.05) is 78.3 Å². The van der Waals surface area contributed by atoms with Crippen molar-refractivity contribution in [2.24, 2.45) is 23.5 Å². The van der Waals surface area contributed by atoms with E-state index in [-0.39, 0.29) is 50.0 Å². The normalized spacial score (nSPS) is 17.7. The number of benzene rings is 1. The molecule has 0 radical (unpaired) electrons. The molecule has 0 saturated carbocycles. The molecule has 1 heterocycles. The predicted octanol–water partition coefficient (Wildman–Crippen LogP) is 0.444. The number of amides is 7. The summed E-state index contributed by atoms with van der Waals surface area (Å²) >= 11 is 1.39. The molecule has 1 fully saturated rings. The van der Waals surface area contributed by atoms with Crippen LogP contribution in [0.25, 0.3) is 0 Å². The van der Waals surface area contributed by atoms with Gasteiger partial charge in [0.1, 0.15) is 30.2 Å². The van der Waals surface area contributed by atoms with E-state index < -0.39 is 102 Å². The molecule has 62 heavy (non-hydrogen) atoms. The first-order chi connectivity index (χ1) is 29.2. The molecule has 18 nitrogen and oxygen atoms in total. The third-order valence-electron chi connectivity index (χ3n) is 10.7. The highest BCUT2D eigenvalue weighted by Crippen LogP contribution is 2.22. The van der Waals surface area contributed by atoms with Gasteiger partial charge in [0.2, 0.25) is 41.4 Å². The fourth-order valence-electron chi connectivity index (χ4n) is 7.01. The van der Waals surface area contributed by atoms with Crippen LogP contribution in [0.4, 0.5) is 0 Å². The van der Waals surface area contributed by atoms with E-state index in [2.05, 4.69) is 31.9 Å². The van der Waals surface area contributed by atoms with Gasteiger partial charge in [0, 0.05) is 6.54 Å². The fourth-order valence-corrected chi connectivity index (χ4v) is 7.49. The molecule has 1 aromatic rings. The number of carbonyl (C=O) groups is 8. The molecule has 0 aromatic heterocycles. The summed E-state index contributed by atoms with van der Waals surface area (Å²) in [7, 11) is 0. The van der Waals surface area contributed by atoms with Crippen molar-refractivity contribution in [2.75, 3.05) is 25.1 Å². The highest BCUT2D eigenvalue weighted by atomic mass is 32.2. The highest BCUT2D eigenvalue weighted by molar-refractivity contribution is 7.98. The number of carboxylic acids is 1. The second kappa shape index (κ2) is 26.7. The standard InChI is InChI=1S/C43H70N8O10S/c1-9-26(6)35(49-37(54)29(44)22-28-14-11-10-12-15-28)42(59)51-18-13-16-33(51)41(58)48-32(21-25(4)5)40(57)47-31(20-24(2)3)38(55)45-23-34(53)46-30(17-19-62-8)39(56)50-36(27(7)52)43(60)61/h10-12,14-15,24-27,29-33,35-36,52H,9,13,16-23,44H2,1-8H3,(H,45,55)(H,46,53)(H,47,57)(H,48,58)(H,49,54)(H,50,56)(H,60,61)/t26-,27+,29-,30-,31-,32-,33-,35-,36-/m0/s1. The van der Waals surface area contributed by atoms with Crippen LogP contribution in [0, 0.1) is 17.8 Å². The highest BCUT2D eigenvalue weighted by Gasteiger charge is 2.41. The smallest absolute Gasteiger partial charge is 0.328 e. The number of thioether (sulfide) groups is 1. The molecule has 348 valence electrons. The van der Waals surface area contributed by atoms with Crippen molar-refractivity contribution in [3.8, 4) is 0 Å². The number of nitrogens with one attached hydrogen (secondary N) is 6. The lowest BCUT2D eigenvalue weighted by atomic mass is 9.96. The Balaban J connectivity index is 2.17. The zero-order chi connectivity index (χ0) is 46.7. The third kappa shape index (κ3) is 17.6. The van der Waals surface area contributed by atoms with E-state index in [1.54, 1.807) is 6.26 Å². The second-order valence-electron chi connectivity index (χ2n) is 16.9. The molecular weight excluding hydrogens is 821 g/mol. The van der Waals surface area contributed by atoms with Crippen LogP contribution in [0.15, 0.2) is 30.3 Å². The molecular formula is C43H70N8O10S. The number of carbonyl (C=O) groups excluding carboxylic acids is 7. The van der Waals surface area contributed by atoms with Gasteiger partial charge in [-0.15, -0.1) is 0 Å². The van der Waals surface area contributed by atoms with Crippen LogP contribution in [-0.2, 0) is 44.8 Å². The predicted molar refractivity (Wildman–Crippen MR) is 236 cm³/mol. The molecule has 0 spiro atoms. The van der Waals surface area contributed by atoms with Gasteiger partial charge in [0.25, 0.3) is 0 Å². The minimum Gasteiger partial charge on any atom is -0.480 e. The lowest BCUT2D eigenvalue weighted by Crippen LogP contribution is -2.60. The van der Waals surface area contributed by atoms with Crippen LogP contribution < -0.4 is 37.6 Å². The number of aliphatic hydroxyl groups is 1. The van der Waals surface area contributed by atoms with Crippen LogP contribution in [-0.4, -0.2) is 136 Å². The van der Waals surface area contributed by atoms with E-state index in [1.165, 1.54) is 23.6 Å². The summed E-state index contributed by atoms with van der Waals surface area (Å²) in [6.07, 6.45) is 2.62. The summed E-state index contributed by atoms with van der Waals surface area (Å²) in [5.74, 6) is -5.77. The quantitative estimate of drug-likeness (QED) is 0.0614. The van der Waals surface area contributed by atoms with E-state index >= 15 is 0 Å². The molecule has 0 bridgehead atoms. The Labute approximate surface area is 369 Å². The summed E-state index contributed by atoms with van der Waals surface area (Å²) in [6, 6.07) is 1.59. The Kier molecular flexibility index (Phi) is 23.0. The zero-order valence-corrected chi connectivity index (χ0v) is 38.2. The molecule has 19 heteroatoms. The van der Waals surface area contributed by atoms with Crippen molar-refractivity contribution in [3.05, 3.63) is 35.9 Å². The van der Waals surface area contributed by atoms with Gasteiger partial charge < -0.3 is 52.7 Å². The Morgan fingerprint density at radius 1 is 0.790 bits per heavy atom. The van der Waals surface area contributed by atoms with Crippen molar-refractivity contribution in [3.63, 3.8) is 0 Å². The molecule has 9 atom stereocenters. The Bertz CT molecular complexity index is 1670. The second-order valence-corrected chi connectivity index (χ2v) is 17.9. The molecule has 7 amide bonds. The maximum atomic E-state index is 14.1.